The number of carbonyl (C=O) groups excluding carboxylic acids is 2. The molecule has 134 valence electrons. The number of nitrogens with zero attached hydrogens (tertiary/aromatic N) is 2. The van der Waals surface area contributed by atoms with Crippen LogP contribution in [0.15, 0.2) is 42.6 Å². The summed E-state index contributed by atoms with van der Waals surface area (Å²) in [4.78, 5) is 30.3. The predicted octanol–water partition coefficient (Wildman–Crippen LogP) is 2.98. The second-order valence-corrected chi connectivity index (χ2v) is 7.11. The van der Waals surface area contributed by atoms with Crippen LogP contribution in [-0.4, -0.2) is 41.3 Å². The van der Waals surface area contributed by atoms with Crippen molar-refractivity contribution in [3.05, 3.63) is 53.7 Å². The van der Waals surface area contributed by atoms with Crippen molar-refractivity contribution in [1.82, 2.24) is 15.2 Å². The van der Waals surface area contributed by atoms with Gasteiger partial charge in [0.05, 0.1) is 11.3 Å². The van der Waals surface area contributed by atoms with Gasteiger partial charge >= 0.3 is 0 Å². The van der Waals surface area contributed by atoms with E-state index in [2.05, 4.69) is 22.4 Å². The lowest BCUT2D eigenvalue weighted by Gasteiger charge is -2.26. The van der Waals surface area contributed by atoms with Crippen molar-refractivity contribution in [2.45, 2.75) is 31.6 Å². The van der Waals surface area contributed by atoms with Gasteiger partial charge in [0.15, 0.2) is 0 Å². The maximum atomic E-state index is 12.5. The van der Waals surface area contributed by atoms with E-state index < -0.39 is 0 Å². The second-order valence-electron chi connectivity index (χ2n) is 7.11. The Bertz CT molecular complexity index is 793. The SMILES string of the molecule is O=C1CC(c2ccc(-c3ccc(C(=O)N4CCCCC4)cn3)cc2)CN1. The van der Waals surface area contributed by atoms with E-state index in [1.165, 1.54) is 12.0 Å². The number of hydrogen-bond donors (Lipinski definition) is 1. The quantitative estimate of drug-likeness (QED) is 0.927. The smallest absolute Gasteiger partial charge is 0.255 e. The Balaban J connectivity index is 1.46. The fourth-order valence-electron chi connectivity index (χ4n) is 3.74. The second kappa shape index (κ2) is 7.28. The molecule has 3 heterocycles. The molecule has 2 fully saturated rings. The third kappa shape index (κ3) is 3.47. The van der Waals surface area contributed by atoms with Crippen molar-refractivity contribution >= 4 is 11.8 Å². The van der Waals surface area contributed by atoms with Crippen molar-refractivity contribution < 1.29 is 9.59 Å². The van der Waals surface area contributed by atoms with Gasteiger partial charge in [-0.05, 0) is 37.0 Å². The molecule has 1 unspecified atom stereocenters. The summed E-state index contributed by atoms with van der Waals surface area (Å²) in [6, 6.07) is 12.0. The highest BCUT2D eigenvalue weighted by atomic mass is 16.2. The van der Waals surface area contributed by atoms with E-state index in [0.717, 1.165) is 37.2 Å². The molecule has 0 bridgehead atoms. The lowest BCUT2D eigenvalue weighted by Crippen LogP contribution is -2.35. The number of benzene rings is 1. The van der Waals surface area contributed by atoms with Crippen molar-refractivity contribution in [3.63, 3.8) is 0 Å². The Labute approximate surface area is 153 Å². The number of aromatic nitrogens is 1. The number of carbonyl (C=O) groups is 2. The van der Waals surface area contributed by atoms with Gasteiger partial charge in [0.1, 0.15) is 0 Å². The molecule has 2 amide bonds. The number of rotatable bonds is 3. The van der Waals surface area contributed by atoms with E-state index in [1.54, 1.807) is 6.20 Å². The van der Waals surface area contributed by atoms with Gasteiger partial charge in [-0.25, -0.2) is 0 Å². The third-order valence-electron chi connectivity index (χ3n) is 5.31. The Kier molecular flexibility index (Phi) is 4.69. The molecule has 1 N–H and O–H groups in total. The van der Waals surface area contributed by atoms with E-state index in [9.17, 15) is 9.59 Å². The molecule has 4 rings (SSSR count). The topological polar surface area (TPSA) is 62.3 Å². The summed E-state index contributed by atoms with van der Waals surface area (Å²) in [5, 5.41) is 2.87. The van der Waals surface area contributed by atoms with Gasteiger partial charge < -0.3 is 10.2 Å². The van der Waals surface area contributed by atoms with E-state index in [0.29, 0.717) is 18.5 Å². The first kappa shape index (κ1) is 16.8. The minimum Gasteiger partial charge on any atom is -0.355 e. The van der Waals surface area contributed by atoms with Gasteiger partial charge in [-0.1, -0.05) is 24.3 Å². The molecule has 2 aliphatic heterocycles. The minimum absolute atomic E-state index is 0.0810. The first-order valence-electron chi connectivity index (χ1n) is 9.33. The van der Waals surface area contributed by atoms with Gasteiger partial charge in [0.2, 0.25) is 5.91 Å². The number of piperidine rings is 1. The van der Waals surface area contributed by atoms with Crippen LogP contribution < -0.4 is 5.32 Å². The molecule has 2 aromatic rings. The average molecular weight is 349 g/mol. The lowest BCUT2D eigenvalue weighted by molar-refractivity contribution is -0.119. The average Bonchev–Trinajstić information content (AvgIpc) is 3.15. The summed E-state index contributed by atoms with van der Waals surface area (Å²) < 4.78 is 0. The van der Waals surface area contributed by atoms with Gasteiger partial charge in [-0.15, -0.1) is 0 Å². The molecule has 2 saturated heterocycles. The summed E-state index contributed by atoms with van der Waals surface area (Å²) >= 11 is 0. The number of nitrogens with one attached hydrogen (secondary N) is 1. The minimum atomic E-state index is 0.0810. The van der Waals surface area contributed by atoms with Crippen molar-refractivity contribution in [1.29, 1.82) is 0 Å². The monoisotopic (exact) mass is 349 g/mol. The number of pyridine rings is 1. The zero-order chi connectivity index (χ0) is 17.9. The molecule has 0 aliphatic carbocycles. The molecule has 5 heteroatoms. The molecule has 2 aliphatic rings. The van der Waals surface area contributed by atoms with Crippen LogP contribution in [0.4, 0.5) is 0 Å². The molecule has 0 radical (unpaired) electrons. The van der Waals surface area contributed by atoms with Crippen LogP contribution >= 0.6 is 0 Å². The highest BCUT2D eigenvalue weighted by Gasteiger charge is 2.23. The van der Waals surface area contributed by atoms with Crippen LogP contribution in [0.5, 0.6) is 0 Å². The Morgan fingerprint density at radius 2 is 1.81 bits per heavy atom. The maximum absolute atomic E-state index is 12.5. The van der Waals surface area contributed by atoms with Gasteiger partial charge in [0.25, 0.3) is 5.91 Å². The molecular formula is C21H23N3O2. The Morgan fingerprint density at radius 3 is 2.42 bits per heavy atom. The molecule has 1 aromatic carbocycles. The normalized spacial score (nSPS) is 20.1. The zero-order valence-electron chi connectivity index (χ0n) is 14.8. The standard InChI is InChI=1S/C21H23N3O2/c25-20-12-18(14-23-20)15-4-6-16(7-5-15)19-9-8-17(13-22-19)21(26)24-10-2-1-3-11-24/h4-9,13,18H,1-3,10-12,14H2,(H,23,25). The molecule has 5 nitrogen and oxygen atoms in total. The van der Waals surface area contributed by atoms with E-state index in [1.807, 2.05) is 29.2 Å². The van der Waals surface area contributed by atoms with Crippen LogP contribution in [0.25, 0.3) is 11.3 Å². The highest BCUT2D eigenvalue weighted by molar-refractivity contribution is 5.94. The molecule has 1 aromatic heterocycles. The maximum Gasteiger partial charge on any atom is 0.255 e. The molecule has 0 spiro atoms. The van der Waals surface area contributed by atoms with E-state index >= 15 is 0 Å². The van der Waals surface area contributed by atoms with Crippen molar-refractivity contribution in [2.75, 3.05) is 19.6 Å². The van der Waals surface area contributed by atoms with Gasteiger partial charge in [-0.2, -0.15) is 0 Å². The van der Waals surface area contributed by atoms with Crippen LogP contribution in [0.3, 0.4) is 0 Å². The predicted molar refractivity (Wildman–Crippen MR) is 99.8 cm³/mol. The Morgan fingerprint density at radius 1 is 1.04 bits per heavy atom. The van der Waals surface area contributed by atoms with Gasteiger partial charge in [0, 0.05) is 43.7 Å². The summed E-state index contributed by atoms with van der Waals surface area (Å²) in [5.74, 6) is 0.459. The summed E-state index contributed by atoms with van der Waals surface area (Å²) in [6.45, 7) is 2.41. The van der Waals surface area contributed by atoms with E-state index in [4.69, 9.17) is 0 Å². The first-order chi connectivity index (χ1) is 12.7. The molecule has 0 saturated carbocycles. The van der Waals surface area contributed by atoms with E-state index in [-0.39, 0.29) is 17.7 Å². The summed E-state index contributed by atoms with van der Waals surface area (Å²) in [6.07, 6.45) is 5.63. The van der Waals surface area contributed by atoms with Gasteiger partial charge in [-0.3, -0.25) is 14.6 Å². The highest BCUT2D eigenvalue weighted by Crippen LogP contribution is 2.26. The number of hydrogen-bond acceptors (Lipinski definition) is 3. The first-order valence-corrected chi connectivity index (χ1v) is 9.33. The molecule has 1 atom stereocenters. The van der Waals surface area contributed by atoms with Crippen molar-refractivity contribution in [3.8, 4) is 11.3 Å². The molecule has 26 heavy (non-hydrogen) atoms. The van der Waals surface area contributed by atoms with Crippen LogP contribution in [0, 0.1) is 0 Å². The summed E-state index contributed by atoms with van der Waals surface area (Å²) in [7, 11) is 0. The third-order valence-corrected chi connectivity index (χ3v) is 5.31. The van der Waals surface area contributed by atoms with Crippen molar-refractivity contribution in [2.24, 2.45) is 0 Å². The largest absolute Gasteiger partial charge is 0.355 e. The van der Waals surface area contributed by atoms with Crippen LogP contribution in [0.2, 0.25) is 0 Å². The zero-order valence-corrected chi connectivity index (χ0v) is 14.8. The molecular weight excluding hydrogens is 326 g/mol. The fourth-order valence-corrected chi connectivity index (χ4v) is 3.74. The lowest BCUT2D eigenvalue weighted by atomic mass is 9.96. The van der Waals surface area contributed by atoms with Crippen LogP contribution in [-0.2, 0) is 4.79 Å². The van der Waals surface area contributed by atoms with Crippen LogP contribution in [0.1, 0.15) is 47.5 Å². The Hall–Kier alpha value is -2.69. The number of likely N-dealkylation sites (tertiary alicyclic amines) is 1. The fraction of sp³-hybridized carbons (Fsp3) is 0.381. The summed E-state index contributed by atoms with van der Waals surface area (Å²) in [5.41, 5.74) is 3.70. The number of amides is 2.